The van der Waals surface area contributed by atoms with Crippen molar-refractivity contribution in [1.82, 2.24) is 0 Å². The molecule has 3 nitrogen and oxygen atoms in total. The molecule has 8 fully saturated rings. The van der Waals surface area contributed by atoms with Gasteiger partial charge in [-0.05, 0) is 113 Å². The minimum Gasteiger partial charge on any atom is -0.375 e. The molecule has 2 saturated heterocycles. The molecule has 8 rings (SSSR count). The van der Waals surface area contributed by atoms with Crippen LogP contribution in [0, 0.1) is 35.5 Å². The third kappa shape index (κ3) is 5.54. The van der Waals surface area contributed by atoms with Gasteiger partial charge in [0.05, 0.1) is 13.2 Å². The van der Waals surface area contributed by atoms with Gasteiger partial charge in [-0.25, -0.2) is 0 Å². The van der Waals surface area contributed by atoms with Crippen molar-refractivity contribution in [2.24, 2.45) is 35.5 Å². The van der Waals surface area contributed by atoms with Crippen molar-refractivity contribution in [3.05, 3.63) is 0 Å². The van der Waals surface area contributed by atoms with Crippen molar-refractivity contribution < 1.29 is 14.2 Å². The average Bonchev–Trinajstić information content (AvgIpc) is 4.03. The van der Waals surface area contributed by atoms with Gasteiger partial charge in [-0.3, -0.25) is 0 Å². The Morgan fingerprint density at radius 2 is 0.533 bits per heavy atom. The summed E-state index contributed by atoms with van der Waals surface area (Å²) in [5.74, 6) is 4.51. The average molecular weight is 623 g/mol. The highest BCUT2D eigenvalue weighted by Crippen LogP contribution is 2.70. The summed E-state index contributed by atoms with van der Waals surface area (Å²) in [5.41, 5.74) is 0.195. The first-order valence-electron chi connectivity index (χ1n) is 21.2. The predicted octanol–water partition coefficient (Wildman–Crippen LogP) is 11.5. The van der Waals surface area contributed by atoms with E-state index >= 15 is 0 Å². The standard InChI is InChI=1S/C42H70O3/c1-7-19-33(20-8-1)39(41(44-39,35-23-11-3-12-24-35)36-25-13-4-14-26-36)31-43-32-40(34-21-9-2-10-22-34)42(45-40,37-27-15-5-16-28-37)38-29-17-6-18-30-38/h33-38H,1-32H2. The number of hydrogen-bond acceptors (Lipinski definition) is 3. The number of epoxide rings is 2. The van der Waals surface area contributed by atoms with E-state index in [1.54, 1.807) is 0 Å². The maximum Gasteiger partial charge on any atom is 0.124 e. The Bertz CT molecular complexity index is 829. The molecule has 0 aromatic heterocycles. The van der Waals surface area contributed by atoms with E-state index in [4.69, 9.17) is 14.2 Å². The summed E-state index contributed by atoms with van der Waals surface area (Å²) in [7, 11) is 0. The van der Waals surface area contributed by atoms with Crippen LogP contribution in [0.5, 0.6) is 0 Å². The van der Waals surface area contributed by atoms with Crippen LogP contribution in [0.15, 0.2) is 0 Å². The number of hydrogen-bond donors (Lipinski definition) is 0. The van der Waals surface area contributed by atoms with Crippen molar-refractivity contribution in [3.8, 4) is 0 Å². The van der Waals surface area contributed by atoms with E-state index in [0.29, 0.717) is 11.8 Å². The lowest BCUT2D eigenvalue weighted by Crippen LogP contribution is -2.50. The second kappa shape index (κ2) is 13.7. The van der Waals surface area contributed by atoms with E-state index in [1.807, 2.05) is 0 Å². The third-order valence-corrected chi connectivity index (χ3v) is 16.0. The summed E-state index contributed by atoms with van der Waals surface area (Å²) in [6.45, 7) is 1.74. The molecular formula is C42H70O3. The minimum atomic E-state index is -0.0155. The topological polar surface area (TPSA) is 34.3 Å². The van der Waals surface area contributed by atoms with Crippen molar-refractivity contribution in [2.75, 3.05) is 13.2 Å². The number of rotatable bonds is 10. The Hall–Kier alpha value is -0.120. The van der Waals surface area contributed by atoms with E-state index in [-0.39, 0.29) is 22.4 Å². The summed E-state index contributed by atoms with van der Waals surface area (Å²) in [4.78, 5) is 0. The summed E-state index contributed by atoms with van der Waals surface area (Å²) in [6.07, 6.45) is 42.4. The molecule has 2 atom stereocenters. The zero-order valence-electron chi connectivity index (χ0n) is 29.3. The van der Waals surface area contributed by atoms with Gasteiger partial charge >= 0.3 is 0 Å². The second-order valence-electron chi connectivity index (χ2n) is 18.1. The van der Waals surface area contributed by atoms with Crippen LogP contribution in [-0.2, 0) is 14.2 Å². The molecule has 6 aliphatic carbocycles. The minimum absolute atomic E-state index is 0.0155. The van der Waals surface area contributed by atoms with Gasteiger partial charge in [0.15, 0.2) is 0 Å². The first kappa shape index (κ1) is 32.1. The number of ether oxygens (including phenoxy) is 3. The van der Waals surface area contributed by atoms with Crippen LogP contribution in [-0.4, -0.2) is 35.6 Å². The van der Waals surface area contributed by atoms with E-state index in [0.717, 1.165) is 36.9 Å². The molecule has 8 aliphatic rings. The molecule has 0 aromatic carbocycles. The predicted molar refractivity (Wildman–Crippen MR) is 183 cm³/mol. The van der Waals surface area contributed by atoms with E-state index < -0.39 is 0 Å². The maximum absolute atomic E-state index is 7.61. The fourth-order valence-corrected chi connectivity index (χ4v) is 13.9. The summed E-state index contributed by atoms with van der Waals surface area (Å²) in [6, 6.07) is 0. The molecule has 45 heavy (non-hydrogen) atoms. The van der Waals surface area contributed by atoms with Crippen LogP contribution >= 0.6 is 0 Å². The van der Waals surface area contributed by atoms with Gasteiger partial charge in [-0.15, -0.1) is 0 Å². The van der Waals surface area contributed by atoms with Crippen LogP contribution in [0.2, 0.25) is 0 Å². The highest BCUT2D eigenvalue weighted by Gasteiger charge is 2.80. The lowest BCUT2D eigenvalue weighted by atomic mass is 9.60. The highest BCUT2D eigenvalue weighted by atomic mass is 16.7. The molecule has 2 heterocycles. The monoisotopic (exact) mass is 623 g/mol. The van der Waals surface area contributed by atoms with E-state index in [1.165, 1.54) is 193 Å². The van der Waals surface area contributed by atoms with Gasteiger partial charge in [0, 0.05) is 0 Å². The largest absolute Gasteiger partial charge is 0.375 e. The van der Waals surface area contributed by atoms with Gasteiger partial charge in [-0.2, -0.15) is 0 Å². The van der Waals surface area contributed by atoms with Gasteiger partial charge in [-0.1, -0.05) is 116 Å². The molecule has 0 N–H and O–H groups in total. The zero-order valence-corrected chi connectivity index (χ0v) is 29.3. The van der Waals surface area contributed by atoms with Crippen molar-refractivity contribution >= 4 is 0 Å². The summed E-state index contributed by atoms with van der Waals surface area (Å²) >= 11 is 0. The lowest BCUT2D eigenvalue weighted by Gasteiger charge is -2.42. The highest BCUT2D eigenvalue weighted by molar-refractivity contribution is 5.27. The molecule has 256 valence electrons. The SMILES string of the molecule is C1CCC(C2(COCC3(C4CCCCC4)OC3(C3CCCCC3)C3CCCCC3)OC2(C2CCCCC2)C2CCCCC2)CC1. The van der Waals surface area contributed by atoms with Crippen molar-refractivity contribution in [3.63, 3.8) is 0 Å². The van der Waals surface area contributed by atoms with E-state index in [9.17, 15) is 0 Å². The Balaban J connectivity index is 1.09. The molecule has 3 heteroatoms. The van der Waals surface area contributed by atoms with Crippen LogP contribution in [0.25, 0.3) is 0 Å². The van der Waals surface area contributed by atoms with Crippen LogP contribution in [0.3, 0.4) is 0 Å². The zero-order chi connectivity index (χ0) is 30.2. The van der Waals surface area contributed by atoms with Crippen LogP contribution < -0.4 is 0 Å². The Morgan fingerprint density at radius 1 is 0.311 bits per heavy atom. The molecule has 0 radical (unpaired) electrons. The van der Waals surface area contributed by atoms with E-state index in [2.05, 4.69) is 0 Å². The molecule has 0 amide bonds. The Morgan fingerprint density at radius 3 is 0.778 bits per heavy atom. The molecule has 0 spiro atoms. The van der Waals surface area contributed by atoms with Crippen molar-refractivity contribution in [2.45, 2.75) is 215 Å². The van der Waals surface area contributed by atoms with Gasteiger partial charge < -0.3 is 14.2 Å². The second-order valence-corrected chi connectivity index (χ2v) is 18.1. The first-order chi connectivity index (χ1) is 22.3. The quantitative estimate of drug-likeness (QED) is 0.227. The summed E-state index contributed by atoms with van der Waals surface area (Å²) in [5, 5.41) is 0. The molecule has 0 bridgehead atoms. The Kier molecular flexibility index (Phi) is 9.74. The molecule has 0 aromatic rings. The molecular weight excluding hydrogens is 552 g/mol. The normalized spacial score (nSPS) is 37.9. The van der Waals surface area contributed by atoms with Crippen LogP contribution in [0.1, 0.15) is 193 Å². The van der Waals surface area contributed by atoms with Gasteiger partial charge in [0.25, 0.3) is 0 Å². The Labute approximate surface area is 277 Å². The fraction of sp³-hybridized carbons (Fsp3) is 1.00. The van der Waals surface area contributed by atoms with Gasteiger partial charge in [0.2, 0.25) is 0 Å². The lowest BCUT2D eigenvalue weighted by molar-refractivity contribution is -0.00358. The fourth-order valence-electron chi connectivity index (χ4n) is 13.9. The van der Waals surface area contributed by atoms with Crippen LogP contribution in [0.4, 0.5) is 0 Å². The smallest absolute Gasteiger partial charge is 0.124 e. The molecule has 2 unspecified atom stereocenters. The maximum atomic E-state index is 7.61. The van der Waals surface area contributed by atoms with Gasteiger partial charge in [0.1, 0.15) is 22.4 Å². The third-order valence-electron chi connectivity index (χ3n) is 16.0. The first-order valence-corrected chi connectivity index (χ1v) is 21.2. The van der Waals surface area contributed by atoms with Crippen molar-refractivity contribution in [1.29, 1.82) is 0 Å². The summed E-state index contributed by atoms with van der Waals surface area (Å²) < 4.78 is 22.6. The molecule has 6 saturated carbocycles. The molecule has 2 aliphatic heterocycles.